The van der Waals surface area contributed by atoms with E-state index in [1.165, 1.54) is 36.4 Å². The first-order valence-corrected chi connectivity index (χ1v) is 27.4. The van der Waals surface area contributed by atoms with Crippen LogP contribution in [0, 0.1) is 11.9 Å². The molecular weight excluding hydrogens is 1210 g/mol. The number of carbonyl (C=O) groups excluding carboxylic acids is 9. The zero-order valence-electron chi connectivity index (χ0n) is 47.9. The topological polar surface area (TPSA) is 369 Å². The van der Waals surface area contributed by atoms with Gasteiger partial charge in [-0.05, 0) is 72.8 Å². The van der Waals surface area contributed by atoms with Gasteiger partial charge in [-0.3, -0.25) is 28.5 Å². The maximum atomic E-state index is 14.5. The number of nitrogens with zero attached hydrogens (tertiary/aromatic N) is 3. The Morgan fingerprint density at radius 1 is 0.457 bits per heavy atom. The third-order valence-electron chi connectivity index (χ3n) is 13.0. The summed E-state index contributed by atoms with van der Waals surface area (Å²) in [5.74, 6) is -9.89. The molecule has 0 saturated carbocycles. The van der Waals surface area contributed by atoms with Gasteiger partial charge in [0.1, 0.15) is 25.4 Å². The van der Waals surface area contributed by atoms with Crippen molar-refractivity contribution in [1.29, 1.82) is 0 Å². The predicted molar refractivity (Wildman–Crippen MR) is 311 cm³/mol. The standard InChI is InChI=1S/C31H24FN3O9.C28H24O9.C5H4FN3O2/c32-22-16-35(27(37)23(34-22)26(33)36)28-25(44-31(40)20-14-8-3-9-15-20)24(43-30(39)19-12-6-2-7-13-19)21(42-28)17-41-29(38)18-10-4-1-5-11-18;1-18(29)34-28-24(37-27(32)21-15-9-4-10-16-21)23(36-26(31)20-13-7-3-8-14-20)22(35-28)17-33-25(30)19-11-5-2-6-12-19;6-2-1-8-5(11)3(9-2)4(7)10/h1-16,21,24-25,28H,17H2,(H2,33,36);2-16,22-24,28H,17H2,1H3;1H,(H2,7,10)(H,8,11)/t21-,24-,25?,28-;22-,23-,24?,28?;/m11./s1. The van der Waals surface area contributed by atoms with Gasteiger partial charge in [-0.1, -0.05) is 109 Å². The Hall–Kier alpha value is -11.9. The van der Waals surface area contributed by atoms with Crippen LogP contribution < -0.4 is 22.6 Å². The summed E-state index contributed by atoms with van der Waals surface area (Å²) >= 11 is 0. The molecule has 8 atom stereocenters. The predicted octanol–water partition coefficient (Wildman–Crippen LogP) is 5.28. The number of aromatic nitrogens is 4. The number of hydrogen-bond acceptors (Lipinski definition) is 22. The SMILES string of the molecule is CC(=O)OC1O[C@H](COC(=O)c2ccccc2)[C@@H](OC(=O)c2ccccc2)C1OC(=O)c1ccccc1.NC(=O)c1nc(F)c[nH]c1=O.NC(=O)c1nc(F)cn([C@@H]2O[C@H](COC(=O)c3ccccc3)[C@@H](OC(=O)c3ccccc3)C2OC(=O)c2ccccc2)c1=O. The van der Waals surface area contributed by atoms with Crippen LogP contribution in [-0.4, -0.2) is 129 Å². The Morgan fingerprint density at radius 3 is 1.16 bits per heavy atom. The molecule has 0 radical (unpaired) electrons. The average molecular weight is 1260 g/mol. The van der Waals surface area contributed by atoms with Gasteiger partial charge in [0.25, 0.3) is 22.9 Å². The van der Waals surface area contributed by atoms with Crippen LogP contribution in [0.15, 0.2) is 204 Å². The maximum absolute atomic E-state index is 14.5. The van der Waals surface area contributed by atoms with Crippen LogP contribution in [0.4, 0.5) is 8.78 Å². The summed E-state index contributed by atoms with van der Waals surface area (Å²) in [5, 5.41) is 0. The number of rotatable bonds is 18. The van der Waals surface area contributed by atoms with E-state index in [1.54, 1.807) is 146 Å². The molecule has 10 rings (SSSR count). The van der Waals surface area contributed by atoms with Crippen LogP contribution in [0.25, 0.3) is 0 Å². The van der Waals surface area contributed by atoms with E-state index in [2.05, 4.69) is 9.97 Å². The molecule has 92 heavy (non-hydrogen) atoms. The van der Waals surface area contributed by atoms with Gasteiger partial charge in [0.05, 0.1) is 45.8 Å². The van der Waals surface area contributed by atoms with Gasteiger partial charge in [-0.2, -0.15) is 8.78 Å². The van der Waals surface area contributed by atoms with Crippen molar-refractivity contribution >= 4 is 53.6 Å². The molecule has 0 aliphatic carbocycles. The van der Waals surface area contributed by atoms with Crippen LogP contribution in [0.3, 0.4) is 0 Å². The summed E-state index contributed by atoms with van der Waals surface area (Å²) in [7, 11) is 0. The van der Waals surface area contributed by atoms with Crippen LogP contribution in [0.2, 0.25) is 0 Å². The number of benzene rings is 6. The first kappa shape index (κ1) is 66.1. The fraction of sp³-hybridized carbons (Fsp3) is 0.172. The monoisotopic (exact) mass is 1260 g/mol. The van der Waals surface area contributed by atoms with E-state index in [0.29, 0.717) is 16.3 Å². The van der Waals surface area contributed by atoms with E-state index >= 15 is 0 Å². The number of amides is 2. The van der Waals surface area contributed by atoms with Crippen molar-refractivity contribution in [2.45, 2.75) is 56.1 Å². The second-order valence-corrected chi connectivity index (χ2v) is 19.3. The van der Waals surface area contributed by atoms with Gasteiger partial charge < -0.3 is 59.1 Å². The summed E-state index contributed by atoms with van der Waals surface area (Å²) < 4.78 is 78.0. The number of carbonyl (C=O) groups is 9. The van der Waals surface area contributed by atoms with E-state index < -0.39 is 144 Å². The smallest absolute Gasteiger partial charge is 0.338 e. The van der Waals surface area contributed by atoms with Crippen LogP contribution in [0.1, 0.15) is 96.3 Å². The minimum atomic E-state index is -1.68. The first-order valence-electron chi connectivity index (χ1n) is 27.4. The Morgan fingerprint density at radius 2 is 0.793 bits per heavy atom. The summed E-state index contributed by atoms with van der Waals surface area (Å²) in [6.45, 7) is 0.256. The molecule has 5 N–H and O–H groups in total. The summed E-state index contributed by atoms with van der Waals surface area (Å²) in [6.07, 6.45) is -9.85. The second-order valence-electron chi connectivity index (χ2n) is 19.3. The molecule has 2 aliphatic rings. The van der Waals surface area contributed by atoms with E-state index in [-0.39, 0.29) is 34.4 Å². The minimum absolute atomic E-state index is 0.101. The van der Waals surface area contributed by atoms with Crippen molar-refractivity contribution < 1.29 is 94.6 Å². The average Bonchev–Trinajstić information content (AvgIpc) is 1.63. The number of aromatic amines is 1. The Balaban J connectivity index is 0.000000205. The highest BCUT2D eigenvalue weighted by atomic mass is 19.1. The lowest BCUT2D eigenvalue weighted by Crippen LogP contribution is -2.43. The molecule has 472 valence electrons. The van der Waals surface area contributed by atoms with Crippen molar-refractivity contribution in [3.8, 4) is 0 Å². The molecule has 0 bridgehead atoms. The molecular formula is C64H52F2N6O20. The van der Waals surface area contributed by atoms with Crippen LogP contribution in [0.5, 0.6) is 0 Å². The molecule has 8 aromatic rings. The van der Waals surface area contributed by atoms with Crippen molar-refractivity contribution in [1.82, 2.24) is 19.5 Å². The van der Waals surface area contributed by atoms with Gasteiger partial charge in [0.2, 0.25) is 24.3 Å². The molecule has 2 saturated heterocycles. The lowest BCUT2D eigenvalue weighted by Gasteiger charge is -2.25. The maximum Gasteiger partial charge on any atom is 0.338 e. The molecule has 4 heterocycles. The lowest BCUT2D eigenvalue weighted by molar-refractivity contribution is -0.188. The van der Waals surface area contributed by atoms with Gasteiger partial charge >= 0.3 is 41.8 Å². The number of nitrogens with one attached hydrogen (secondary N) is 1. The zero-order chi connectivity index (χ0) is 65.8. The van der Waals surface area contributed by atoms with Crippen molar-refractivity contribution in [2.75, 3.05) is 13.2 Å². The van der Waals surface area contributed by atoms with E-state index in [4.69, 9.17) is 54.1 Å². The third kappa shape index (κ3) is 17.4. The van der Waals surface area contributed by atoms with E-state index in [0.717, 1.165) is 13.1 Å². The van der Waals surface area contributed by atoms with Crippen LogP contribution >= 0.6 is 0 Å². The molecule has 28 heteroatoms. The summed E-state index contributed by atoms with van der Waals surface area (Å²) in [4.78, 5) is 143. The highest BCUT2D eigenvalue weighted by Gasteiger charge is 2.54. The highest BCUT2D eigenvalue weighted by Crippen LogP contribution is 2.36. The van der Waals surface area contributed by atoms with Gasteiger partial charge in [-0.15, -0.1) is 0 Å². The van der Waals surface area contributed by atoms with Crippen molar-refractivity contribution in [2.24, 2.45) is 11.5 Å². The molecule has 2 fully saturated rings. The van der Waals surface area contributed by atoms with Gasteiger partial charge in [0, 0.05) is 6.92 Å². The zero-order valence-corrected chi connectivity index (χ0v) is 47.9. The normalized spacial score (nSPS) is 18.5. The van der Waals surface area contributed by atoms with Crippen molar-refractivity contribution in [3.63, 3.8) is 0 Å². The lowest BCUT2D eigenvalue weighted by atomic mass is 10.1. The van der Waals surface area contributed by atoms with Crippen LogP contribution in [-0.2, 0) is 47.4 Å². The summed E-state index contributed by atoms with van der Waals surface area (Å²) in [5.41, 5.74) is 7.63. The number of nitrogens with two attached hydrogens (primary N) is 2. The molecule has 26 nitrogen and oxygen atoms in total. The fourth-order valence-corrected chi connectivity index (χ4v) is 8.76. The second kappa shape index (κ2) is 31.3. The molecule has 0 spiro atoms. The molecule has 2 amide bonds. The molecule has 2 aliphatic heterocycles. The number of ether oxygens (including phenoxy) is 9. The number of primary amides is 2. The Labute approximate surface area is 518 Å². The number of hydrogen-bond donors (Lipinski definition) is 3. The molecule has 3 unspecified atom stereocenters. The fourth-order valence-electron chi connectivity index (χ4n) is 8.76. The first-order chi connectivity index (χ1) is 44.3. The molecule has 6 aromatic carbocycles. The number of halogens is 2. The Kier molecular flexibility index (Phi) is 22.5. The number of H-pyrrole nitrogens is 1. The third-order valence-corrected chi connectivity index (χ3v) is 13.0. The Bertz CT molecular complexity index is 4060. The number of esters is 7. The van der Waals surface area contributed by atoms with E-state index in [1.807, 2.05) is 4.98 Å². The highest BCUT2D eigenvalue weighted by molar-refractivity contribution is 5.93. The van der Waals surface area contributed by atoms with E-state index in [9.17, 15) is 61.5 Å². The van der Waals surface area contributed by atoms with Crippen molar-refractivity contribution in [3.05, 3.63) is 272 Å². The van der Waals surface area contributed by atoms with Gasteiger partial charge in [0.15, 0.2) is 35.9 Å². The quantitative estimate of drug-likeness (QED) is 0.0726. The molecule has 2 aromatic heterocycles. The largest absolute Gasteiger partial charge is 0.459 e. The summed E-state index contributed by atoms with van der Waals surface area (Å²) in [6, 6.07) is 48.2. The minimum Gasteiger partial charge on any atom is -0.459 e. The van der Waals surface area contributed by atoms with Gasteiger partial charge in [-0.25, -0.2) is 38.7 Å².